The van der Waals surface area contributed by atoms with Crippen molar-refractivity contribution >= 4 is 29.3 Å². The molecule has 9 heteroatoms. The number of aliphatic carboxylic acids is 1. The van der Waals surface area contributed by atoms with Gasteiger partial charge in [-0.15, -0.1) is 12.4 Å². The molecule has 0 radical (unpaired) electrons. The standard InChI is InChI=1S/C22H21N5O3.ClH/c1-2-11-7-13(28)4-6-14(11)12-3-5-15-16(8-12)26-27-20(15)21-24-17-9-18(22(29)30)23-10-19(17)25-21;/h3-8,18,23,28H,2,9-10H2,1H3,(H,24,25)(H,26,27)(H,29,30);1H. The molecule has 0 fully saturated rings. The first-order chi connectivity index (χ1) is 14.5. The van der Waals surface area contributed by atoms with E-state index in [1.54, 1.807) is 12.1 Å². The maximum atomic E-state index is 11.3. The molecule has 5 rings (SSSR count). The average molecular weight is 440 g/mol. The Morgan fingerprint density at radius 3 is 2.84 bits per heavy atom. The summed E-state index contributed by atoms with van der Waals surface area (Å²) >= 11 is 0. The number of hydrogen-bond acceptors (Lipinski definition) is 5. The van der Waals surface area contributed by atoms with E-state index in [1.165, 1.54) is 0 Å². The van der Waals surface area contributed by atoms with Crippen LogP contribution in [0.15, 0.2) is 36.4 Å². The molecular formula is C22H22ClN5O3. The van der Waals surface area contributed by atoms with Gasteiger partial charge < -0.3 is 15.2 Å². The molecule has 0 aliphatic carbocycles. The van der Waals surface area contributed by atoms with Gasteiger partial charge in [0.2, 0.25) is 0 Å². The van der Waals surface area contributed by atoms with E-state index in [9.17, 15) is 15.0 Å². The lowest BCUT2D eigenvalue weighted by molar-refractivity contribution is -0.139. The molecule has 8 nitrogen and oxygen atoms in total. The van der Waals surface area contributed by atoms with E-state index in [2.05, 4.69) is 32.4 Å². The number of rotatable bonds is 4. The number of H-pyrrole nitrogens is 2. The Hall–Kier alpha value is -3.36. The van der Waals surface area contributed by atoms with Crippen LogP contribution in [0, 0.1) is 0 Å². The third-order valence-corrected chi connectivity index (χ3v) is 5.65. The van der Waals surface area contributed by atoms with E-state index in [4.69, 9.17) is 0 Å². The predicted octanol–water partition coefficient (Wildman–Crippen LogP) is 3.41. The van der Waals surface area contributed by atoms with Crippen molar-refractivity contribution in [2.45, 2.75) is 32.4 Å². The highest BCUT2D eigenvalue weighted by Gasteiger charge is 2.27. The van der Waals surface area contributed by atoms with Crippen molar-refractivity contribution in [1.82, 2.24) is 25.5 Å². The number of hydrogen-bond donors (Lipinski definition) is 5. The summed E-state index contributed by atoms with van der Waals surface area (Å²) in [4.78, 5) is 19.2. The SMILES string of the molecule is CCc1cc(O)ccc1-c1ccc2c(-c3nc4c([nH]3)CNC(C(=O)O)C4)n[nH]c2c1.Cl. The van der Waals surface area contributed by atoms with Crippen LogP contribution in [0.25, 0.3) is 33.5 Å². The number of aromatic nitrogens is 4. The summed E-state index contributed by atoms with van der Waals surface area (Å²) in [5, 5.41) is 30.5. The van der Waals surface area contributed by atoms with E-state index in [0.717, 1.165) is 45.4 Å². The number of nitrogens with zero attached hydrogens (tertiary/aromatic N) is 2. The van der Waals surface area contributed by atoms with Crippen LogP contribution in [0.3, 0.4) is 0 Å². The van der Waals surface area contributed by atoms with Gasteiger partial charge in [-0.05, 0) is 47.4 Å². The monoisotopic (exact) mass is 439 g/mol. The van der Waals surface area contributed by atoms with Gasteiger partial charge >= 0.3 is 5.97 Å². The molecule has 160 valence electrons. The molecule has 0 amide bonds. The minimum absolute atomic E-state index is 0. The van der Waals surface area contributed by atoms with Gasteiger partial charge in [0.15, 0.2) is 5.82 Å². The van der Waals surface area contributed by atoms with Crippen LogP contribution in [-0.2, 0) is 24.2 Å². The number of carbonyl (C=O) groups is 1. The molecule has 0 saturated heterocycles. The van der Waals surface area contributed by atoms with Crippen molar-refractivity contribution in [3.05, 3.63) is 53.3 Å². The quantitative estimate of drug-likeness (QED) is 0.331. The van der Waals surface area contributed by atoms with Crippen LogP contribution < -0.4 is 5.32 Å². The van der Waals surface area contributed by atoms with Gasteiger partial charge in [0.05, 0.1) is 16.9 Å². The van der Waals surface area contributed by atoms with E-state index in [0.29, 0.717) is 24.5 Å². The second-order valence-corrected chi connectivity index (χ2v) is 7.51. The minimum atomic E-state index is -0.872. The van der Waals surface area contributed by atoms with Gasteiger partial charge in [-0.2, -0.15) is 5.10 Å². The number of phenolic OH excluding ortho intramolecular Hbond substituents is 1. The largest absolute Gasteiger partial charge is 0.508 e. The summed E-state index contributed by atoms with van der Waals surface area (Å²) < 4.78 is 0. The molecule has 2 aromatic heterocycles. The van der Waals surface area contributed by atoms with Crippen molar-refractivity contribution in [3.8, 4) is 28.4 Å². The fraction of sp³-hybridized carbons (Fsp3) is 0.227. The van der Waals surface area contributed by atoms with E-state index in [-0.39, 0.29) is 18.2 Å². The van der Waals surface area contributed by atoms with Crippen molar-refractivity contribution in [1.29, 1.82) is 0 Å². The number of halogens is 1. The fourth-order valence-electron chi connectivity index (χ4n) is 4.06. The number of aryl methyl sites for hydroxylation is 1. The Kier molecular flexibility index (Phi) is 5.43. The summed E-state index contributed by atoms with van der Waals surface area (Å²) in [6, 6.07) is 10.9. The van der Waals surface area contributed by atoms with Crippen molar-refractivity contribution in [3.63, 3.8) is 0 Å². The summed E-state index contributed by atoms with van der Waals surface area (Å²) in [5.74, 6) is 0.0243. The topological polar surface area (TPSA) is 127 Å². The number of carboxylic acid groups (broad SMARTS) is 1. The molecule has 1 atom stereocenters. The molecule has 3 heterocycles. The number of aromatic hydroxyl groups is 1. The van der Waals surface area contributed by atoms with Gasteiger partial charge in [0.1, 0.15) is 17.5 Å². The first-order valence-electron chi connectivity index (χ1n) is 9.88. The molecule has 5 N–H and O–H groups in total. The van der Waals surface area contributed by atoms with Gasteiger partial charge in [0, 0.05) is 18.4 Å². The third-order valence-electron chi connectivity index (χ3n) is 5.65. The molecule has 4 aromatic rings. The van der Waals surface area contributed by atoms with Gasteiger partial charge in [-0.3, -0.25) is 15.2 Å². The smallest absolute Gasteiger partial charge is 0.321 e. The van der Waals surface area contributed by atoms with Crippen LogP contribution in [0.2, 0.25) is 0 Å². The molecule has 31 heavy (non-hydrogen) atoms. The van der Waals surface area contributed by atoms with Crippen LogP contribution in [0.1, 0.15) is 23.9 Å². The zero-order valence-electron chi connectivity index (χ0n) is 16.8. The number of benzene rings is 2. The second kappa shape index (κ2) is 8.05. The number of imidazole rings is 1. The van der Waals surface area contributed by atoms with Crippen molar-refractivity contribution in [2.75, 3.05) is 0 Å². The second-order valence-electron chi connectivity index (χ2n) is 7.51. The van der Waals surface area contributed by atoms with Gasteiger partial charge in [0.25, 0.3) is 0 Å². The predicted molar refractivity (Wildman–Crippen MR) is 119 cm³/mol. The summed E-state index contributed by atoms with van der Waals surface area (Å²) in [6.45, 7) is 2.50. The number of phenols is 1. The molecule has 1 aliphatic heterocycles. The highest BCUT2D eigenvalue weighted by molar-refractivity contribution is 5.94. The van der Waals surface area contributed by atoms with Crippen molar-refractivity contribution in [2.24, 2.45) is 0 Å². The fourth-order valence-corrected chi connectivity index (χ4v) is 4.06. The molecule has 0 spiro atoms. The lowest BCUT2D eigenvalue weighted by Crippen LogP contribution is -2.41. The average Bonchev–Trinajstić information content (AvgIpc) is 3.36. The number of carboxylic acids is 1. The Bertz CT molecular complexity index is 1280. The van der Waals surface area contributed by atoms with Crippen molar-refractivity contribution < 1.29 is 15.0 Å². The van der Waals surface area contributed by atoms with Gasteiger partial charge in [-0.25, -0.2) is 4.98 Å². The maximum Gasteiger partial charge on any atom is 0.321 e. The van der Waals surface area contributed by atoms with Crippen LogP contribution in [-0.4, -0.2) is 42.4 Å². The van der Waals surface area contributed by atoms with E-state index < -0.39 is 12.0 Å². The molecular weight excluding hydrogens is 418 g/mol. The van der Waals surface area contributed by atoms with Crippen LogP contribution in [0.5, 0.6) is 5.75 Å². The minimum Gasteiger partial charge on any atom is -0.508 e. The molecule has 0 bridgehead atoms. The van der Waals surface area contributed by atoms with Crippen LogP contribution in [0.4, 0.5) is 0 Å². The van der Waals surface area contributed by atoms with E-state index >= 15 is 0 Å². The molecule has 1 unspecified atom stereocenters. The summed E-state index contributed by atoms with van der Waals surface area (Å²) in [6.07, 6.45) is 1.16. The first kappa shape index (κ1) is 20.9. The lowest BCUT2D eigenvalue weighted by Gasteiger charge is -2.18. The highest BCUT2D eigenvalue weighted by Crippen LogP contribution is 2.32. The summed E-state index contributed by atoms with van der Waals surface area (Å²) in [5.41, 5.74) is 6.45. The van der Waals surface area contributed by atoms with Gasteiger partial charge in [-0.1, -0.05) is 19.1 Å². The molecule has 0 saturated carbocycles. The zero-order valence-corrected chi connectivity index (χ0v) is 17.6. The number of fused-ring (bicyclic) bond motifs is 2. The lowest BCUT2D eigenvalue weighted by atomic mass is 9.97. The maximum absolute atomic E-state index is 11.3. The number of nitrogens with one attached hydrogen (secondary N) is 3. The Morgan fingerprint density at radius 2 is 2.06 bits per heavy atom. The molecule has 2 aromatic carbocycles. The van der Waals surface area contributed by atoms with Crippen LogP contribution >= 0.6 is 12.4 Å². The third kappa shape index (κ3) is 3.64. The Morgan fingerprint density at radius 1 is 1.23 bits per heavy atom. The zero-order chi connectivity index (χ0) is 20.8. The normalized spacial score (nSPS) is 15.5. The summed E-state index contributed by atoms with van der Waals surface area (Å²) in [7, 11) is 0. The Labute approximate surface area is 184 Å². The van der Waals surface area contributed by atoms with E-state index in [1.807, 2.05) is 24.3 Å². The first-order valence-corrected chi connectivity index (χ1v) is 9.88. The Balaban J connectivity index is 0.00000231. The highest BCUT2D eigenvalue weighted by atomic mass is 35.5. The molecule has 1 aliphatic rings. The number of aromatic amines is 2.